The largest absolute Gasteiger partial charge is 0.416 e. The van der Waals surface area contributed by atoms with E-state index in [0.29, 0.717) is 22.5 Å². The second-order valence-corrected chi connectivity index (χ2v) is 13.1. The van der Waals surface area contributed by atoms with Crippen molar-refractivity contribution in [1.82, 2.24) is 0 Å². The van der Waals surface area contributed by atoms with Gasteiger partial charge in [-0.2, -0.15) is 5.26 Å². The zero-order valence-corrected chi connectivity index (χ0v) is 15.3. The minimum Gasteiger partial charge on any atom is -0.416 e. The molecule has 0 aromatic heterocycles. The number of allylic oxidation sites excluding steroid dienone is 4. The standard InChI is InChI=1S/C18H29NOSi/c1-13(2)21(14(3)4,15(5)6)20-12-17-10-18(17)9-7-8-16(18)11-19/h7-9,13-15,17H,10,12H2,1-6H3/t17-,18-/m0/s1. The van der Waals surface area contributed by atoms with Crippen LogP contribution >= 0.6 is 0 Å². The van der Waals surface area contributed by atoms with Crippen molar-refractivity contribution in [3.63, 3.8) is 0 Å². The molecule has 0 N–H and O–H groups in total. The highest BCUT2D eigenvalue weighted by atomic mass is 28.4. The molecule has 2 nitrogen and oxygen atoms in total. The lowest BCUT2D eigenvalue weighted by Gasteiger charge is -2.42. The number of rotatable bonds is 6. The van der Waals surface area contributed by atoms with Gasteiger partial charge in [0.1, 0.15) is 0 Å². The first-order valence-corrected chi connectivity index (χ1v) is 10.4. The predicted octanol–water partition coefficient (Wildman–Crippen LogP) is 5.20. The van der Waals surface area contributed by atoms with Gasteiger partial charge in [0.15, 0.2) is 8.32 Å². The van der Waals surface area contributed by atoms with Crippen molar-refractivity contribution in [3.8, 4) is 6.07 Å². The van der Waals surface area contributed by atoms with Gasteiger partial charge in [-0.1, -0.05) is 53.7 Å². The molecule has 2 atom stereocenters. The molecule has 0 amide bonds. The van der Waals surface area contributed by atoms with Gasteiger partial charge in [-0.3, -0.25) is 0 Å². The molecule has 0 bridgehead atoms. The van der Waals surface area contributed by atoms with E-state index in [2.05, 4.69) is 53.7 Å². The first-order valence-electron chi connectivity index (χ1n) is 8.25. The molecular formula is C18H29NOSi. The van der Waals surface area contributed by atoms with E-state index < -0.39 is 8.32 Å². The van der Waals surface area contributed by atoms with Gasteiger partial charge in [0, 0.05) is 17.6 Å². The van der Waals surface area contributed by atoms with Crippen molar-refractivity contribution in [1.29, 1.82) is 5.26 Å². The predicted molar refractivity (Wildman–Crippen MR) is 90.4 cm³/mol. The maximum Gasteiger partial charge on any atom is 0.200 e. The smallest absolute Gasteiger partial charge is 0.200 e. The Morgan fingerprint density at radius 1 is 1.24 bits per heavy atom. The molecule has 0 unspecified atom stereocenters. The quantitative estimate of drug-likeness (QED) is 0.631. The minimum absolute atomic E-state index is 0.0276. The van der Waals surface area contributed by atoms with Crippen LogP contribution in [-0.4, -0.2) is 14.9 Å². The first-order chi connectivity index (χ1) is 9.81. The van der Waals surface area contributed by atoms with E-state index in [9.17, 15) is 5.26 Å². The Bertz CT molecular complexity index is 476. The van der Waals surface area contributed by atoms with Crippen molar-refractivity contribution >= 4 is 8.32 Å². The van der Waals surface area contributed by atoms with Gasteiger partial charge in [-0.05, 0) is 35.0 Å². The highest BCUT2D eigenvalue weighted by molar-refractivity contribution is 6.77. The van der Waals surface area contributed by atoms with Crippen molar-refractivity contribution in [2.24, 2.45) is 11.3 Å². The normalized spacial score (nSPS) is 27.8. The highest BCUT2D eigenvalue weighted by Crippen LogP contribution is 2.61. The molecule has 3 heteroatoms. The molecule has 0 radical (unpaired) electrons. The van der Waals surface area contributed by atoms with E-state index in [4.69, 9.17) is 4.43 Å². The van der Waals surface area contributed by atoms with Crippen LogP contribution in [0.1, 0.15) is 48.0 Å². The fourth-order valence-corrected chi connectivity index (χ4v) is 10.0. The summed E-state index contributed by atoms with van der Waals surface area (Å²) in [4.78, 5) is 0. The Kier molecular flexibility index (Phi) is 4.51. The number of nitriles is 1. The summed E-state index contributed by atoms with van der Waals surface area (Å²) in [5, 5.41) is 9.26. The number of nitrogens with zero attached hydrogens (tertiary/aromatic N) is 1. The maximum absolute atomic E-state index is 9.26. The second-order valence-electron chi connectivity index (χ2n) is 7.62. The Balaban J connectivity index is 2.07. The molecule has 0 saturated heterocycles. The molecule has 116 valence electrons. The Hall–Kier alpha value is -0.853. The Morgan fingerprint density at radius 2 is 1.81 bits per heavy atom. The van der Waals surface area contributed by atoms with Gasteiger partial charge in [-0.15, -0.1) is 0 Å². The summed E-state index contributed by atoms with van der Waals surface area (Å²) in [6, 6.07) is 2.37. The van der Waals surface area contributed by atoms with Crippen LogP contribution in [-0.2, 0) is 4.43 Å². The van der Waals surface area contributed by atoms with Crippen molar-refractivity contribution in [3.05, 3.63) is 23.8 Å². The molecular weight excluding hydrogens is 274 g/mol. The van der Waals surface area contributed by atoms with Crippen LogP contribution in [0.2, 0.25) is 16.6 Å². The zero-order chi connectivity index (χ0) is 15.8. The van der Waals surface area contributed by atoms with Crippen LogP contribution in [0, 0.1) is 22.7 Å². The summed E-state index contributed by atoms with van der Waals surface area (Å²) < 4.78 is 6.69. The van der Waals surface area contributed by atoms with Crippen LogP contribution in [0.3, 0.4) is 0 Å². The first kappa shape index (κ1) is 16.5. The number of hydrogen-bond acceptors (Lipinski definition) is 2. The summed E-state index contributed by atoms with van der Waals surface area (Å²) >= 11 is 0. The lowest BCUT2D eigenvalue weighted by atomic mass is 9.98. The highest BCUT2D eigenvalue weighted by Gasteiger charge is 2.57. The van der Waals surface area contributed by atoms with Crippen LogP contribution in [0.15, 0.2) is 23.8 Å². The van der Waals surface area contributed by atoms with Crippen molar-refractivity contribution in [2.75, 3.05) is 6.61 Å². The summed E-state index contributed by atoms with van der Waals surface area (Å²) in [6.07, 6.45) is 7.30. The summed E-state index contributed by atoms with van der Waals surface area (Å²) in [6.45, 7) is 14.8. The zero-order valence-electron chi connectivity index (χ0n) is 14.3. The molecule has 0 aliphatic heterocycles. The van der Waals surface area contributed by atoms with Crippen molar-refractivity contribution in [2.45, 2.75) is 64.6 Å². The molecule has 2 aliphatic rings. The fraction of sp³-hybridized carbons (Fsp3) is 0.722. The number of hydrogen-bond donors (Lipinski definition) is 0. The van der Waals surface area contributed by atoms with Crippen LogP contribution in [0.5, 0.6) is 0 Å². The average molecular weight is 304 g/mol. The molecule has 1 spiro atoms. The molecule has 2 rings (SSSR count). The van der Waals surface area contributed by atoms with Gasteiger partial charge < -0.3 is 4.43 Å². The van der Waals surface area contributed by atoms with Gasteiger partial charge in [0.25, 0.3) is 0 Å². The minimum atomic E-state index is -1.78. The van der Waals surface area contributed by atoms with E-state index in [-0.39, 0.29) is 5.41 Å². The fourth-order valence-electron chi connectivity index (χ4n) is 4.54. The monoisotopic (exact) mass is 303 g/mol. The van der Waals surface area contributed by atoms with Gasteiger partial charge in [0.2, 0.25) is 0 Å². The molecule has 1 saturated carbocycles. The van der Waals surface area contributed by atoms with Gasteiger partial charge in [-0.25, -0.2) is 0 Å². The average Bonchev–Trinajstić information content (AvgIpc) is 2.92. The third-order valence-electron chi connectivity index (χ3n) is 5.67. The van der Waals surface area contributed by atoms with E-state index in [1.807, 2.05) is 12.2 Å². The SMILES string of the molecule is CC(C)[Si](OC[C@@H]1C[C@]12C=CC=C2C#N)(C(C)C)C(C)C. The van der Waals surface area contributed by atoms with E-state index in [0.717, 1.165) is 18.6 Å². The lowest BCUT2D eigenvalue weighted by molar-refractivity contribution is 0.253. The topological polar surface area (TPSA) is 33.0 Å². The van der Waals surface area contributed by atoms with Crippen LogP contribution < -0.4 is 0 Å². The molecule has 2 aliphatic carbocycles. The molecule has 0 aromatic carbocycles. The van der Waals surface area contributed by atoms with Crippen LogP contribution in [0.25, 0.3) is 0 Å². The summed E-state index contributed by atoms with van der Waals surface area (Å²) in [5.74, 6) is 0.505. The Morgan fingerprint density at radius 3 is 2.29 bits per heavy atom. The van der Waals surface area contributed by atoms with Crippen LogP contribution in [0.4, 0.5) is 0 Å². The molecule has 21 heavy (non-hydrogen) atoms. The third kappa shape index (κ3) is 2.53. The molecule has 0 aromatic rings. The summed E-state index contributed by atoms with van der Waals surface area (Å²) in [5.41, 5.74) is 2.83. The van der Waals surface area contributed by atoms with Gasteiger partial charge in [0.05, 0.1) is 6.07 Å². The van der Waals surface area contributed by atoms with E-state index in [1.165, 1.54) is 0 Å². The van der Waals surface area contributed by atoms with E-state index >= 15 is 0 Å². The van der Waals surface area contributed by atoms with E-state index in [1.54, 1.807) is 0 Å². The van der Waals surface area contributed by atoms with Gasteiger partial charge >= 0.3 is 0 Å². The Labute approximate surface area is 131 Å². The van der Waals surface area contributed by atoms with Crippen molar-refractivity contribution < 1.29 is 4.43 Å². The maximum atomic E-state index is 9.26. The lowest BCUT2D eigenvalue weighted by Crippen LogP contribution is -2.48. The third-order valence-corrected chi connectivity index (χ3v) is 11.8. The second kappa shape index (κ2) is 5.74. The summed E-state index contributed by atoms with van der Waals surface area (Å²) in [7, 11) is -1.78. The molecule has 1 fully saturated rings. The molecule has 0 heterocycles.